The summed E-state index contributed by atoms with van der Waals surface area (Å²) < 4.78 is 6.93. The lowest BCUT2D eigenvalue weighted by Gasteiger charge is -2.04. The average molecular weight is 306 g/mol. The molecule has 0 spiro atoms. The molecular formula is C16H14N6O. The van der Waals surface area contributed by atoms with Crippen molar-refractivity contribution in [2.75, 3.05) is 12.4 Å². The number of nitrogens with zero attached hydrogens (tertiary/aromatic N) is 5. The molecule has 7 heteroatoms. The van der Waals surface area contributed by atoms with Gasteiger partial charge < -0.3 is 10.1 Å². The second-order valence-electron chi connectivity index (χ2n) is 4.70. The van der Waals surface area contributed by atoms with Gasteiger partial charge in [-0.3, -0.25) is 0 Å². The standard InChI is InChI=1S/C16H14N6O/c1-23-15-4-2-14(3-5-15)22-7-6-12(21-22)9-19-16-11-18-13(8-17)10-20-16/h2-7,10-11H,9H2,1H3,(H,19,20). The van der Waals surface area contributed by atoms with E-state index in [0.717, 1.165) is 17.1 Å². The van der Waals surface area contributed by atoms with Crippen LogP contribution in [0.15, 0.2) is 48.9 Å². The van der Waals surface area contributed by atoms with Crippen LogP contribution in [-0.4, -0.2) is 26.9 Å². The molecule has 0 fully saturated rings. The third-order valence-corrected chi connectivity index (χ3v) is 3.20. The van der Waals surface area contributed by atoms with E-state index >= 15 is 0 Å². The van der Waals surface area contributed by atoms with Crippen LogP contribution in [0.3, 0.4) is 0 Å². The van der Waals surface area contributed by atoms with Crippen molar-refractivity contribution in [3.8, 4) is 17.5 Å². The largest absolute Gasteiger partial charge is 0.497 e. The smallest absolute Gasteiger partial charge is 0.158 e. The SMILES string of the molecule is COc1ccc(-n2ccc(CNc3cnc(C#N)cn3)n2)cc1. The van der Waals surface area contributed by atoms with Crippen molar-refractivity contribution in [1.82, 2.24) is 19.7 Å². The van der Waals surface area contributed by atoms with Gasteiger partial charge in [-0.1, -0.05) is 0 Å². The highest BCUT2D eigenvalue weighted by atomic mass is 16.5. The minimum atomic E-state index is 0.291. The lowest BCUT2D eigenvalue weighted by atomic mass is 10.3. The van der Waals surface area contributed by atoms with E-state index in [-0.39, 0.29) is 0 Å². The van der Waals surface area contributed by atoms with E-state index < -0.39 is 0 Å². The van der Waals surface area contributed by atoms with E-state index in [9.17, 15) is 0 Å². The minimum Gasteiger partial charge on any atom is -0.497 e. The second kappa shape index (κ2) is 6.58. The molecule has 0 atom stereocenters. The molecule has 23 heavy (non-hydrogen) atoms. The minimum absolute atomic E-state index is 0.291. The van der Waals surface area contributed by atoms with Gasteiger partial charge in [0.05, 0.1) is 37.4 Å². The van der Waals surface area contributed by atoms with Gasteiger partial charge in [-0.25, -0.2) is 14.6 Å². The maximum absolute atomic E-state index is 8.69. The van der Waals surface area contributed by atoms with Crippen LogP contribution in [0.5, 0.6) is 5.75 Å². The molecule has 0 saturated carbocycles. The van der Waals surface area contributed by atoms with Gasteiger partial charge in [0.1, 0.15) is 17.6 Å². The number of benzene rings is 1. The summed E-state index contributed by atoms with van der Waals surface area (Å²) in [7, 11) is 1.64. The Balaban J connectivity index is 1.65. The Morgan fingerprint density at radius 2 is 2.00 bits per heavy atom. The van der Waals surface area contributed by atoms with Gasteiger partial charge in [0.25, 0.3) is 0 Å². The van der Waals surface area contributed by atoms with Gasteiger partial charge in [-0.2, -0.15) is 10.4 Å². The summed E-state index contributed by atoms with van der Waals surface area (Å²) in [5.74, 6) is 1.41. The van der Waals surface area contributed by atoms with Crippen LogP contribution in [0.2, 0.25) is 0 Å². The maximum Gasteiger partial charge on any atom is 0.158 e. The fourth-order valence-corrected chi connectivity index (χ4v) is 1.99. The number of aromatic nitrogens is 4. The van der Waals surface area contributed by atoms with E-state index in [1.54, 1.807) is 11.8 Å². The van der Waals surface area contributed by atoms with Gasteiger partial charge in [-0.05, 0) is 30.3 Å². The summed E-state index contributed by atoms with van der Waals surface area (Å²) in [6.45, 7) is 0.518. The summed E-state index contributed by atoms with van der Waals surface area (Å²) >= 11 is 0. The third kappa shape index (κ3) is 3.44. The van der Waals surface area contributed by atoms with E-state index in [1.807, 2.05) is 42.6 Å². The van der Waals surface area contributed by atoms with Crippen LogP contribution >= 0.6 is 0 Å². The Hall–Kier alpha value is -3.40. The van der Waals surface area contributed by atoms with Crippen molar-refractivity contribution in [1.29, 1.82) is 5.26 Å². The third-order valence-electron chi connectivity index (χ3n) is 3.20. The highest BCUT2D eigenvalue weighted by molar-refractivity contribution is 5.37. The quantitative estimate of drug-likeness (QED) is 0.777. The highest BCUT2D eigenvalue weighted by Gasteiger charge is 2.03. The number of methoxy groups -OCH3 is 1. The summed E-state index contributed by atoms with van der Waals surface area (Å²) in [6.07, 6.45) is 4.85. The van der Waals surface area contributed by atoms with Gasteiger partial charge in [0.2, 0.25) is 0 Å². The Morgan fingerprint density at radius 3 is 2.65 bits per heavy atom. The molecule has 3 aromatic rings. The van der Waals surface area contributed by atoms with Gasteiger partial charge in [0, 0.05) is 6.20 Å². The number of nitriles is 1. The Morgan fingerprint density at radius 1 is 1.17 bits per heavy atom. The fourth-order valence-electron chi connectivity index (χ4n) is 1.99. The van der Waals surface area contributed by atoms with Gasteiger partial charge >= 0.3 is 0 Å². The molecule has 114 valence electrons. The van der Waals surface area contributed by atoms with Gasteiger partial charge in [-0.15, -0.1) is 0 Å². The normalized spacial score (nSPS) is 10.1. The van der Waals surface area contributed by atoms with Crippen LogP contribution in [0.25, 0.3) is 5.69 Å². The molecule has 0 bridgehead atoms. The van der Waals surface area contributed by atoms with Crippen LogP contribution in [-0.2, 0) is 6.54 Å². The summed E-state index contributed by atoms with van der Waals surface area (Å²) in [6, 6.07) is 11.5. The molecule has 0 radical (unpaired) electrons. The first-order chi connectivity index (χ1) is 11.3. The zero-order valence-electron chi connectivity index (χ0n) is 12.5. The summed E-state index contributed by atoms with van der Waals surface area (Å²) in [4.78, 5) is 8.06. The molecule has 0 saturated heterocycles. The van der Waals surface area contributed by atoms with E-state index in [4.69, 9.17) is 10.00 Å². The fraction of sp³-hybridized carbons (Fsp3) is 0.125. The van der Waals surface area contributed by atoms with Crippen molar-refractivity contribution in [2.45, 2.75) is 6.54 Å². The molecular weight excluding hydrogens is 292 g/mol. The number of hydrogen-bond donors (Lipinski definition) is 1. The van der Waals surface area contributed by atoms with E-state index in [0.29, 0.717) is 18.1 Å². The molecule has 2 aromatic heterocycles. The Bertz CT molecular complexity index is 817. The Labute approximate surface area is 133 Å². The predicted octanol–water partition coefficient (Wildman–Crippen LogP) is 2.15. The van der Waals surface area contributed by atoms with Crippen LogP contribution < -0.4 is 10.1 Å². The monoisotopic (exact) mass is 306 g/mol. The molecule has 0 aliphatic carbocycles. The second-order valence-corrected chi connectivity index (χ2v) is 4.70. The van der Waals surface area contributed by atoms with Crippen LogP contribution in [0.4, 0.5) is 5.82 Å². The molecule has 1 aromatic carbocycles. The number of hydrogen-bond acceptors (Lipinski definition) is 6. The molecule has 0 aliphatic heterocycles. The van der Waals surface area contributed by atoms with Crippen molar-refractivity contribution >= 4 is 5.82 Å². The lowest BCUT2D eigenvalue weighted by Crippen LogP contribution is -2.04. The Kier molecular flexibility index (Phi) is 4.16. The van der Waals surface area contributed by atoms with Gasteiger partial charge in [0.15, 0.2) is 5.69 Å². The first-order valence-corrected chi connectivity index (χ1v) is 6.93. The molecule has 0 unspecified atom stereocenters. The van der Waals surface area contributed by atoms with Crippen molar-refractivity contribution in [2.24, 2.45) is 0 Å². The first-order valence-electron chi connectivity index (χ1n) is 6.93. The van der Waals surface area contributed by atoms with Crippen LogP contribution in [0.1, 0.15) is 11.4 Å². The predicted molar refractivity (Wildman–Crippen MR) is 84.2 cm³/mol. The zero-order chi connectivity index (χ0) is 16.1. The summed E-state index contributed by atoms with van der Waals surface area (Å²) in [5, 5.41) is 16.3. The molecule has 2 heterocycles. The number of rotatable bonds is 5. The molecule has 7 nitrogen and oxygen atoms in total. The topological polar surface area (TPSA) is 88.6 Å². The highest BCUT2D eigenvalue weighted by Crippen LogP contribution is 2.14. The van der Waals surface area contributed by atoms with Crippen LogP contribution in [0, 0.1) is 11.3 Å². The molecule has 3 rings (SSSR count). The molecule has 1 N–H and O–H groups in total. The van der Waals surface area contributed by atoms with E-state index in [1.165, 1.54) is 12.4 Å². The summed E-state index contributed by atoms with van der Waals surface area (Å²) in [5.41, 5.74) is 2.11. The molecule has 0 amide bonds. The zero-order valence-corrected chi connectivity index (χ0v) is 12.5. The van der Waals surface area contributed by atoms with Crippen molar-refractivity contribution < 1.29 is 4.74 Å². The molecule has 0 aliphatic rings. The van der Waals surface area contributed by atoms with Crippen molar-refractivity contribution in [3.05, 3.63) is 60.3 Å². The maximum atomic E-state index is 8.69. The number of nitrogens with one attached hydrogen (secondary N) is 1. The lowest BCUT2D eigenvalue weighted by molar-refractivity contribution is 0.414. The number of ether oxygens (including phenoxy) is 1. The van der Waals surface area contributed by atoms with E-state index in [2.05, 4.69) is 20.4 Å². The average Bonchev–Trinajstić information content (AvgIpc) is 3.09. The number of anilines is 1. The first kappa shape index (κ1) is 14.5. The van der Waals surface area contributed by atoms with Crippen molar-refractivity contribution in [3.63, 3.8) is 0 Å².